The van der Waals surface area contributed by atoms with Gasteiger partial charge in [0.1, 0.15) is 0 Å². The monoisotopic (exact) mass is 182 g/mol. The molecule has 0 rings (SSSR count). The van der Waals surface area contributed by atoms with Gasteiger partial charge in [-0.25, -0.2) is 4.79 Å². The molecule has 0 radical (unpaired) electrons. The summed E-state index contributed by atoms with van der Waals surface area (Å²) in [5.74, 6) is -0.139. The minimum Gasteiger partial charge on any atom is -0.450 e. The Morgan fingerprint density at radius 3 is 1.50 bits per heavy atom. The lowest BCUT2D eigenvalue weighted by Crippen LogP contribution is -2.12. The van der Waals surface area contributed by atoms with E-state index in [-0.39, 0.29) is 25.7 Å². The van der Waals surface area contributed by atoms with Gasteiger partial charge in [-0.3, -0.25) is 0 Å². The van der Waals surface area contributed by atoms with Crippen LogP contribution in [0.3, 0.4) is 0 Å². The van der Waals surface area contributed by atoms with Crippen LogP contribution < -0.4 is 0 Å². The van der Waals surface area contributed by atoms with Crippen LogP contribution >= 0.6 is 0 Å². The Morgan fingerprint density at radius 1 is 1.08 bits per heavy atom. The van der Waals surface area contributed by atoms with E-state index in [1.165, 1.54) is 0 Å². The molecule has 0 aliphatic carbocycles. The van der Waals surface area contributed by atoms with Gasteiger partial charge in [-0.05, 0) is 6.42 Å². The van der Waals surface area contributed by atoms with Crippen molar-refractivity contribution in [3.63, 3.8) is 0 Å². The summed E-state index contributed by atoms with van der Waals surface area (Å²) in [6.45, 7) is -0.0556. The van der Waals surface area contributed by atoms with Gasteiger partial charge in [-0.2, -0.15) is 0 Å². The average molecular weight is 182 g/mol. The Balaban J connectivity index is 0. The molecule has 74 valence electrons. The molecule has 0 saturated carbocycles. The topological polar surface area (TPSA) is 118 Å². The minimum atomic E-state index is -1.83. The Hall–Kier alpha value is -0.850. The molecule has 0 aromatic carbocycles. The van der Waals surface area contributed by atoms with E-state index in [1.54, 1.807) is 0 Å². The number of aliphatic hydroxyl groups is 3. The summed E-state index contributed by atoms with van der Waals surface area (Å²) in [6.07, 6.45) is -1.35. The third-order valence-electron chi connectivity index (χ3n) is 1.05. The van der Waals surface area contributed by atoms with Crippen molar-refractivity contribution in [2.45, 2.75) is 6.42 Å². The molecule has 0 atom stereocenters. The average Bonchev–Trinajstić information content (AvgIpc) is 1.99. The molecule has 0 unspecified atom stereocenters. The number of aliphatic hydroxyl groups excluding tert-OH is 3. The first-order valence-electron chi connectivity index (χ1n) is 3.32. The summed E-state index contributed by atoms with van der Waals surface area (Å²) >= 11 is 0. The zero-order valence-electron chi connectivity index (χ0n) is 6.55. The van der Waals surface area contributed by atoms with Gasteiger partial charge in [-0.15, -0.1) is 0 Å². The van der Waals surface area contributed by atoms with Crippen LogP contribution in [0.25, 0.3) is 0 Å². The molecule has 12 heavy (non-hydrogen) atoms. The van der Waals surface area contributed by atoms with E-state index in [0.29, 0.717) is 6.42 Å². The second-order valence-corrected chi connectivity index (χ2v) is 2.03. The van der Waals surface area contributed by atoms with Crippen LogP contribution in [0.1, 0.15) is 6.42 Å². The number of hydrogen-bond acceptors (Lipinski definition) is 4. The van der Waals surface area contributed by atoms with Crippen molar-refractivity contribution < 1.29 is 30.3 Å². The fourth-order valence-electron chi connectivity index (χ4n) is 0.423. The maximum Gasteiger partial charge on any atom is 0.503 e. The second kappa shape index (κ2) is 10.2. The first kappa shape index (κ1) is 13.7. The molecule has 0 aliphatic rings. The molecule has 6 nitrogen and oxygen atoms in total. The number of carbonyl (C=O) groups is 1. The fraction of sp³-hybridized carbons (Fsp3) is 0.833. The van der Waals surface area contributed by atoms with Crippen molar-refractivity contribution in [1.82, 2.24) is 0 Å². The van der Waals surface area contributed by atoms with Crippen molar-refractivity contribution in [3.8, 4) is 0 Å². The van der Waals surface area contributed by atoms with Crippen LogP contribution in [0.15, 0.2) is 0 Å². The first-order valence-corrected chi connectivity index (χ1v) is 3.32. The molecular formula is C6H14O6. The Kier molecular flexibility index (Phi) is 11.6. The maximum absolute atomic E-state index is 8.56. The molecule has 0 aromatic rings. The van der Waals surface area contributed by atoms with Crippen LogP contribution in [0, 0.1) is 5.92 Å². The maximum atomic E-state index is 8.56. The van der Waals surface area contributed by atoms with E-state index >= 15 is 0 Å². The van der Waals surface area contributed by atoms with Gasteiger partial charge in [0, 0.05) is 25.7 Å². The summed E-state index contributed by atoms with van der Waals surface area (Å²) in [4.78, 5) is 8.56. The number of carboxylic acid groups (broad SMARTS) is 2. The zero-order valence-corrected chi connectivity index (χ0v) is 6.55. The summed E-state index contributed by atoms with van der Waals surface area (Å²) in [7, 11) is 0. The molecule has 0 aliphatic heterocycles. The molecular weight excluding hydrogens is 168 g/mol. The van der Waals surface area contributed by atoms with E-state index in [2.05, 4.69) is 0 Å². The summed E-state index contributed by atoms with van der Waals surface area (Å²) in [6, 6.07) is 0. The van der Waals surface area contributed by atoms with Gasteiger partial charge >= 0.3 is 6.16 Å². The molecule has 5 N–H and O–H groups in total. The predicted octanol–water partition coefficient (Wildman–Crippen LogP) is -0.808. The third kappa shape index (κ3) is 16.1. The molecule has 0 aromatic heterocycles. The minimum absolute atomic E-state index is 0.0335. The molecule has 0 heterocycles. The van der Waals surface area contributed by atoms with E-state index in [4.69, 9.17) is 30.3 Å². The molecule has 0 spiro atoms. The van der Waals surface area contributed by atoms with Crippen molar-refractivity contribution in [2.24, 2.45) is 5.92 Å². The lowest BCUT2D eigenvalue weighted by Gasteiger charge is -2.06. The highest BCUT2D eigenvalue weighted by atomic mass is 16.6. The standard InChI is InChI=1S/C5H12O3.CH2O3/c6-2-1-5(3-7)4-8;2-1(3)4/h5-8H,1-4H2;(H2,2,3,4). The Labute approximate surface area is 69.7 Å². The van der Waals surface area contributed by atoms with Gasteiger partial charge in [-0.1, -0.05) is 0 Å². The van der Waals surface area contributed by atoms with E-state index in [9.17, 15) is 0 Å². The van der Waals surface area contributed by atoms with Gasteiger partial charge in [0.2, 0.25) is 0 Å². The van der Waals surface area contributed by atoms with Crippen LogP contribution in [0.5, 0.6) is 0 Å². The van der Waals surface area contributed by atoms with Gasteiger partial charge in [0.05, 0.1) is 0 Å². The fourth-order valence-corrected chi connectivity index (χ4v) is 0.423. The Morgan fingerprint density at radius 2 is 1.42 bits per heavy atom. The highest BCUT2D eigenvalue weighted by molar-refractivity contribution is 5.53. The molecule has 6 heteroatoms. The highest BCUT2D eigenvalue weighted by Crippen LogP contribution is 1.97. The quantitative estimate of drug-likeness (QED) is 0.388. The summed E-state index contributed by atoms with van der Waals surface area (Å²) in [5, 5.41) is 39.0. The lowest BCUT2D eigenvalue weighted by molar-refractivity contribution is 0.124. The molecule has 0 bridgehead atoms. The summed E-state index contributed by atoms with van der Waals surface area (Å²) in [5.41, 5.74) is 0. The van der Waals surface area contributed by atoms with Crippen LogP contribution in [-0.2, 0) is 0 Å². The van der Waals surface area contributed by atoms with Gasteiger partial charge in [0.25, 0.3) is 0 Å². The third-order valence-corrected chi connectivity index (χ3v) is 1.05. The van der Waals surface area contributed by atoms with Gasteiger partial charge < -0.3 is 25.5 Å². The molecule has 0 amide bonds. The largest absolute Gasteiger partial charge is 0.503 e. The molecule has 0 saturated heterocycles. The van der Waals surface area contributed by atoms with Crippen LogP contribution in [-0.4, -0.2) is 51.5 Å². The van der Waals surface area contributed by atoms with Crippen molar-refractivity contribution >= 4 is 6.16 Å². The van der Waals surface area contributed by atoms with Crippen molar-refractivity contribution in [1.29, 1.82) is 0 Å². The lowest BCUT2D eigenvalue weighted by atomic mass is 10.1. The normalized spacial score (nSPS) is 9.00. The first-order chi connectivity index (χ1) is 5.58. The Bertz CT molecular complexity index is 96.2. The summed E-state index contributed by atoms with van der Waals surface area (Å²) < 4.78 is 0. The highest BCUT2D eigenvalue weighted by Gasteiger charge is 2.02. The zero-order chi connectivity index (χ0) is 9.98. The van der Waals surface area contributed by atoms with E-state index < -0.39 is 6.16 Å². The second-order valence-electron chi connectivity index (χ2n) is 2.03. The van der Waals surface area contributed by atoms with E-state index in [0.717, 1.165) is 0 Å². The number of rotatable bonds is 4. The predicted molar refractivity (Wildman–Crippen MR) is 40.0 cm³/mol. The van der Waals surface area contributed by atoms with Crippen LogP contribution in [0.2, 0.25) is 0 Å². The smallest absolute Gasteiger partial charge is 0.450 e. The van der Waals surface area contributed by atoms with Gasteiger partial charge in [0.15, 0.2) is 0 Å². The number of hydrogen-bond donors (Lipinski definition) is 5. The molecule has 0 fully saturated rings. The van der Waals surface area contributed by atoms with E-state index in [1.807, 2.05) is 0 Å². The van der Waals surface area contributed by atoms with Crippen molar-refractivity contribution in [2.75, 3.05) is 19.8 Å². The SMILES string of the molecule is O=C(O)O.OCCC(CO)CO. The van der Waals surface area contributed by atoms with Crippen LogP contribution in [0.4, 0.5) is 4.79 Å². The van der Waals surface area contributed by atoms with Crippen molar-refractivity contribution in [3.05, 3.63) is 0 Å².